The number of ether oxygens (including phenoxy) is 1. The number of halogens is 1. The van der Waals surface area contributed by atoms with Gasteiger partial charge in [-0.15, -0.1) is 12.4 Å². The molecule has 2 unspecified atom stereocenters. The molecule has 1 amide bonds. The second kappa shape index (κ2) is 10.5. The summed E-state index contributed by atoms with van der Waals surface area (Å²) < 4.78 is 5.47. The highest BCUT2D eigenvalue weighted by atomic mass is 35.5. The van der Waals surface area contributed by atoms with Gasteiger partial charge in [-0.3, -0.25) is 4.79 Å². The van der Waals surface area contributed by atoms with Crippen molar-refractivity contribution in [3.8, 4) is 5.75 Å². The number of nitrogens with zero attached hydrogens (tertiary/aromatic N) is 1. The van der Waals surface area contributed by atoms with Crippen LogP contribution in [0, 0.1) is 11.8 Å². The molecule has 5 heteroatoms. The number of para-hydroxylation sites is 1. The molecule has 28 heavy (non-hydrogen) atoms. The second-order valence-corrected chi connectivity index (χ2v) is 7.51. The van der Waals surface area contributed by atoms with Crippen LogP contribution in [0.3, 0.4) is 0 Å². The van der Waals surface area contributed by atoms with Gasteiger partial charge in [-0.2, -0.15) is 0 Å². The smallest absolute Gasteiger partial charge is 0.227 e. The maximum atomic E-state index is 12.9. The van der Waals surface area contributed by atoms with Crippen molar-refractivity contribution >= 4 is 18.3 Å². The van der Waals surface area contributed by atoms with E-state index in [0.717, 1.165) is 43.7 Å². The molecular weight excluding hydrogens is 372 g/mol. The standard InChI is InChI=1S/C23H30N2O2.ClH/c1-17(22(24)19-8-4-3-5-9-19)23(26)25-14-12-18(13-15-25)16-20-10-6-7-11-21(20)27-2;/h3-11,17-18,22H,12-16,24H2,1-2H3;1H. The molecule has 1 saturated heterocycles. The Morgan fingerprint density at radius 1 is 1.11 bits per heavy atom. The van der Waals surface area contributed by atoms with E-state index in [9.17, 15) is 4.79 Å². The monoisotopic (exact) mass is 402 g/mol. The predicted octanol–water partition coefficient (Wildman–Crippen LogP) is 4.23. The maximum Gasteiger partial charge on any atom is 0.227 e. The quantitative estimate of drug-likeness (QED) is 0.786. The molecule has 0 aromatic heterocycles. The number of hydrogen-bond acceptors (Lipinski definition) is 3. The van der Waals surface area contributed by atoms with E-state index in [2.05, 4.69) is 12.1 Å². The summed E-state index contributed by atoms with van der Waals surface area (Å²) in [6, 6.07) is 17.8. The van der Waals surface area contributed by atoms with Gasteiger partial charge in [0.15, 0.2) is 0 Å². The average Bonchev–Trinajstić information content (AvgIpc) is 2.73. The number of hydrogen-bond donors (Lipinski definition) is 1. The normalized spacial score (nSPS) is 16.8. The molecule has 152 valence electrons. The lowest BCUT2D eigenvalue weighted by atomic mass is 9.88. The number of methoxy groups -OCH3 is 1. The Kier molecular flexibility index (Phi) is 8.34. The Labute approximate surface area is 174 Å². The minimum Gasteiger partial charge on any atom is -0.496 e. The first kappa shape index (κ1) is 22.3. The summed E-state index contributed by atoms with van der Waals surface area (Å²) in [5.74, 6) is 1.50. The van der Waals surface area contributed by atoms with Crippen molar-refractivity contribution in [2.75, 3.05) is 20.2 Å². The Balaban J connectivity index is 0.00000280. The molecule has 2 aromatic carbocycles. The van der Waals surface area contributed by atoms with E-state index >= 15 is 0 Å². The molecule has 0 radical (unpaired) electrons. The zero-order valence-electron chi connectivity index (χ0n) is 16.7. The molecule has 2 aromatic rings. The molecule has 3 rings (SSSR count). The average molecular weight is 403 g/mol. The molecule has 1 fully saturated rings. The topological polar surface area (TPSA) is 55.6 Å². The number of carbonyl (C=O) groups excluding carboxylic acids is 1. The summed E-state index contributed by atoms with van der Waals surface area (Å²) in [5.41, 5.74) is 8.62. The van der Waals surface area contributed by atoms with Crippen LogP contribution in [0.4, 0.5) is 0 Å². The van der Waals surface area contributed by atoms with E-state index in [1.54, 1.807) is 7.11 Å². The van der Waals surface area contributed by atoms with E-state index in [4.69, 9.17) is 10.5 Å². The molecule has 1 aliphatic rings. The minimum atomic E-state index is -0.259. The van der Waals surface area contributed by atoms with Gasteiger partial charge in [-0.25, -0.2) is 0 Å². The molecule has 1 heterocycles. The fraction of sp³-hybridized carbons (Fsp3) is 0.435. The molecule has 0 spiro atoms. The zero-order chi connectivity index (χ0) is 19.2. The third-order valence-corrected chi connectivity index (χ3v) is 5.74. The minimum absolute atomic E-state index is 0. The molecule has 2 N–H and O–H groups in total. The van der Waals surface area contributed by atoms with E-state index in [1.165, 1.54) is 5.56 Å². The van der Waals surface area contributed by atoms with Crippen LogP contribution >= 0.6 is 12.4 Å². The highest BCUT2D eigenvalue weighted by molar-refractivity contribution is 5.85. The van der Waals surface area contributed by atoms with Crippen LogP contribution in [0.2, 0.25) is 0 Å². The third kappa shape index (κ3) is 5.27. The number of carbonyl (C=O) groups is 1. The van der Waals surface area contributed by atoms with E-state index in [1.807, 2.05) is 54.3 Å². The fourth-order valence-corrected chi connectivity index (χ4v) is 3.95. The lowest BCUT2D eigenvalue weighted by molar-refractivity contribution is -0.137. The molecule has 0 saturated carbocycles. The number of benzene rings is 2. The fourth-order valence-electron chi connectivity index (χ4n) is 3.95. The molecular formula is C23H31ClN2O2. The number of rotatable bonds is 6. The summed E-state index contributed by atoms with van der Waals surface area (Å²) in [7, 11) is 1.72. The molecule has 2 atom stereocenters. The number of likely N-dealkylation sites (tertiary alicyclic amines) is 1. The summed E-state index contributed by atoms with van der Waals surface area (Å²) >= 11 is 0. The first-order chi connectivity index (χ1) is 13.1. The van der Waals surface area contributed by atoms with Gasteiger partial charge in [0, 0.05) is 19.1 Å². The highest BCUT2D eigenvalue weighted by Crippen LogP contribution is 2.28. The van der Waals surface area contributed by atoms with Gasteiger partial charge >= 0.3 is 0 Å². The van der Waals surface area contributed by atoms with Crippen molar-refractivity contribution in [1.82, 2.24) is 4.90 Å². The van der Waals surface area contributed by atoms with Crippen LogP contribution < -0.4 is 10.5 Å². The van der Waals surface area contributed by atoms with Crippen LogP contribution in [-0.4, -0.2) is 31.0 Å². The van der Waals surface area contributed by atoms with E-state index in [0.29, 0.717) is 5.92 Å². The first-order valence-electron chi connectivity index (χ1n) is 9.81. The van der Waals surface area contributed by atoms with Gasteiger partial charge in [0.25, 0.3) is 0 Å². The van der Waals surface area contributed by atoms with Crippen molar-refractivity contribution in [3.05, 3.63) is 65.7 Å². The van der Waals surface area contributed by atoms with Gasteiger partial charge < -0.3 is 15.4 Å². The zero-order valence-corrected chi connectivity index (χ0v) is 17.5. The Morgan fingerprint density at radius 3 is 2.36 bits per heavy atom. The number of piperidine rings is 1. The van der Waals surface area contributed by atoms with Crippen LogP contribution in [0.1, 0.15) is 36.9 Å². The summed E-state index contributed by atoms with van der Waals surface area (Å²) in [6.07, 6.45) is 3.05. The van der Waals surface area contributed by atoms with Gasteiger partial charge in [0.05, 0.1) is 13.0 Å². The largest absolute Gasteiger partial charge is 0.496 e. The number of amides is 1. The van der Waals surface area contributed by atoms with Crippen LogP contribution in [-0.2, 0) is 11.2 Å². The second-order valence-electron chi connectivity index (χ2n) is 7.51. The van der Waals surface area contributed by atoms with Gasteiger partial charge in [0.1, 0.15) is 5.75 Å². The lowest BCUT2D eigenvalue weighted by Crippen LogP contribution is -2.44. The SMILES string of the molecule is COc1ccccc1CC1CCN(C(=O)C(C)C(N)c2ccccc2)CC1.Cl. The van der Waals surface area contributed by atoms with Crippen LogP contribution in [0.25, 0.3) is 0 Å². The Morgan fingerprint density at radius 2 is 1.71 bits per heavy atom. The van der Waals surface area contributed by atoms with E-state index < -0.39 is 0 Å². The van der Waals surface area contributed by atoms with Gasteiger partial charge in [-0.05, 0) is 42.4 Å². The van der Waals surface area contributed by atoms with E-state index in [-0.39, 0.29) is 30.3 Å². The molecule has 0 aliphatic carbocycles. The summed E-state index contributed by atoms with van der Waals surface area (Å²) in [4.78, 5) is 14.9. The molecule has 4 nitrogen and oxygen atoms in total. The van der Waals surface area contributed by atoms with Crippen molar-refractivity contribution in [2.45, 2.75) is 32.2 Å². The van der Waals surface area contributed by atoms with Crippen molar-refractivity contribution < 1.29 is 9.53 Å². The van der Waals surface area contributed by atoms with Crippen molar-refractivity contribution in [2.24, 2.45) is 17.6 Å². The molecule has 1 aliphatic heterocycles. The number of nitrogens with two attached hydrogens (primary N) is 1. The van der Waals surface area contributed by atoms with Crippen LogP contribution in [0.15, 0.2) is 54.6 Å². The maximum absolute atomic E-state index is 12.9. The first-order valence-corrected chi connectivity index (χ1v) is 9.81. The summed E-state index contributed by atoms with van der Waals surface area (Å²) in [5, 5.41) is 0. The highest BCUT2D eigenvalue weighted by Gasteiger charge is 2.29. The van der Waals surface area contributed by atoms with Crippen molar-refractivity contribution in [3.63, 3.8) is 0 Å². The van der Waals surface area contributed by atoms with Gasteiger partial charge in [0.2, 0.25) is 5.91 Å². The third-order valence-electron chi connectivity index (χ3n) is 5.74. The predicted molar refractivity (Wildman–Crippen MR) is 116 cm³/mol. The Bertz CT molecular complexity index is 745. The lowest BCUT2D eigenvalue weighted by Gasteiger charge is -2.35. The van der Waals surface area contributed by atoms with Gasteiger partial charge in [-0.1, -0.05) is 55.5 Å². The Hall–Kier alpha value is -2.04. The van der Waals surface area contributed by atoms with Crippen LogP contribution in [0.5, 0.6) is 5.75 Å². The van der Waals surface area contributed by atoms with Crippen molar-refractivity contribution in [1.29, 1.82) is 0 Å². The summed E-state index contributed by atoms with van der Waals surface area (Å²) in [6.45, 7) is 3.57. The molecule has 0 bridgehead atoms.